The quantitative estimate of drug-likeness (QED) is 0.491. The molecule has 0 atom stereocenters. The van der Waals surface area contributed by atoms with Crippen molar-refractivity contribution < 1.29 is 24.9 Å². The van der Waals surface area contributed by atoms with Gasteiger partial charge in [-0.1, -0.05) is 29.4 Å². The molecule has 6 nitrogen and oxygen atoms in total. The summed E-state index contributed by atoms with van der Waals surface area (Å²) in [6, 6.07) is 11.6. The summed E-state index contributed by atoms with van der Waals surface area (Å²) in [4.78, 5) is 23.5. The van der Waals surface area contributed by atoms with Crippen molar-refractivity contribution in [1.82, 2.24) is 4.90 Å². The van der Waals surface area contributed by atoms with Crippen molar-refractivity contribution in [3.8, 4) is 5.75 Å². The van der Waals surface area contributed by atoms with Crippen molar-refractivity contribution >= 4 is 40.9 Å². The number of carboxylic acids is 2. The fourth-order valence-electron chi connectivity index (χ4n) is 2.71. The molecule has 0 spiro atoms. The molecule has 8 heteroatoms. The van der Waals surface area contributed by atoms with E-state index in [9.17, 15) is 14.7 Å². The predicted octanol–water partition coefficient (Wildman–Crippen LogP) is 4.61. The van der Waals surface area contributed by atoms with E-state index in [4.69, 9.17) is 21.8 Å². The summed E-state index contributed by atoms with van der Waals surface area (Å²) in [5.74, 6) is -2.21. The first kappa shape index (κ1) is 23.5. The molecule has 0 amide bonds. The van der Waals surface area contributed by atoms with Crippen molar-refractivity contribution in [3.63, 3.8) is 0 Å². The number of hydrogen-bond acceptors (Lipinski definition) is 5. The van der Waals surface area contributed by atoms with Gasteiger partial charge in [-0.3, -0.25) is 0 Å². The number of aliphatic carboxylic acids is 2. The predicted molar refractivity (Wildman–Crippen MR) is 118 cm³/mol. The monoisotopic (exact) mass is 447 g/mol. The van der Waals surface area contributed by atoms with Crippen molar-refractivity contribution in [2.75, 3.05) is 20.6 Å². The molecule has 1 heterocycles. The standard InChI is InChI=1S/C18H18ClNOS.C4H4O4/c1-20(2)9-3-4-14-15-7-6-13(21)11-18(15)22-17-8-5-12(19)10-16(14)17;5-3(6)1-2-4(7)8/h4-8,10-11,21H,3,9H2,1-2H3;1-2H,(H,5,6)(H,7,8). The van der Waals surface area contributed by atoms with Crippen LogP contribution >= 0.6 is 23.4 Å². The number of halogens is 1. The number of nitrogens with zero attached hydrogens (tertiary/aromatic N) is 1. The van der Waals surface area contributed by atoms with E-state index in [0.29, 0.717) is 17.9 Å². The van der Waals surface area contributed by atoms with Crippen LogP contribution in [0.5, 0.6) is 5.75 Å². The smallest absolute Gasteiger partial charge is 0.328 e. The van der Waals surface area contributed by atoms with Gasteiger partial charge >= 0.3 is 11.9 Å². The highest BCUT2D eigenvalue weighted by Crippen LogP contribution is 2.47. The van der Waals surface area contributed by atoms with Crippen LogP contribution in [0.25, 0.3) is 5.57 Å². The van der Waals surface area contributed by atoms with E-state index < -0.39 is 11.9 Å². The first-order valence-electron chi connectivity index (χ1n) is 8.97. The van der Waals surface area contributed by atoms with Gasteiger partial charge in [-0.25, -0.2) is 9.59 Å². The SMILES string of the molecule is CN(C)CCC=C1c2ccc(O)cc2Sc2ccc(Cl)cc21.O=C(O)C=CC(=O)O. The number of carbonyl (C=O) groups is 2. The number of fused-ring (bicyclic) bond motifs is 2. The third kappa shape index (κ3) is 6.95. The second-order valence-electron chi connectivity index (χ2n) is 6.64. The molecule has 0 saturated heterocycles. The maximum Gasteiger partial charge on any atom is 0.328 e. The van der Waals surface area contributed by atoms with Gasteiger partial charge in [0.2, 0.25) is 0 Å². The number of benzene rings is 2. The van der Waals surface area contributed by atoms with E-state index in [1.165, 1.54) is 16.0 Å². The maximum absolute atomic E-state index is 9.75. The molecule has 2 aromatic rings. The molecule has 2 aromatic carbocycles. The summed E-state index contributed by atoms with van der Waals surface area (Å²) in [6.45, 7) is 1.000. The molecule has 0 saturated carbocycles. The number of phenolic OH excluding ortho intramolecular Hbond substituents is 1. The molecule has 1 aliphatic heterocycles. The molecule has 0 aliphatic carbocycles. The second kappa shape index (κ2) is 10.9. The number of carboxylic acid groups (broad SMARTS) is 2. The molecule has 3 N–H and O–H groups in total. The molecule has 1 aliphatic rings. The zero-order chi connectivity index (χ0) is 22.3. The van der Waals surface area contributed by atoms with Crippen LogP contribution in [0.3, 0.4) is 0 Å². The first-order chi connectivity index (χ1) is 14.2. The summed E-state index contributed by atoms with van der Waals surface area (Å²) < 4.78 is 0. The minimum atomic E-state index is -1.26. The van der Waals surface area contributed by atoms with Gasteiger partial charge in [-0.05, 0) is 73.6 Å². The van der Waals surface area contributed by atoms with Gasteiger partial charge in [-0.2, -0.15) is 0 Å². The lowest BCUT2D eigenvalue weighted by Gasteiger charge is -2.23. The Morgan fingerprint density at radius 2 is 1.67 bits per heavy atom. The third-order valence-electron chi connectivity index (χ3n) is 4.00. The number of rotatable bonds is 5. The topological polar surface area (TPSA) is 98.1 Å². The van der Waals surface area contributed by atoms with E-state index in [-0.39, 0.29) is 0 Å². The van der Waals surface area contributed by atoms with Crippen molar-refractivity contribution in [2.24, 2.45) is 0 Å². The molecule has 0 radical (unpaired) electrons. The highest BCUT2D eigenvalue weighted by molar-refractivity contribution is 7.99. The molecule has 158 valence electrons. The number of hydrogen-bond donors (Lipinski definition) is 3. The normalized spacial score (nSPS) is 13.5. The Kier molecular flexibility index (Phi) is 8.53. The fraction of sp³-hybridized carbons (Fsp3) is 0.182. The molecule has 0 fully saturated rings. The minimum Gasteiger partial charge on any atom is -0.508 e. The molecular weight excluding hydrogens is 426 g/mol. The fourth-order valence-corrected chi connectivity index (χ4v) is 4.00. The van der Waals surface area contributed by atoms with Gasteiger partial charge in [0.1, 0.15) is 5.75 Å². The van der Waals surface area contributed by atoms with Crippen molar-refractivity contribution in [2.45, 2.75) is 16.2 Å². The van der Waals surface area contributed by atoms with Crippen LogP contribution in [0.2, 0.25) is 5.02 Å². The largest absolute Gasteiger partial charge is 0.508 e. The Balaban J connectivity index is 0.000000343. The summed E-state index contributed by atoms with van der Waals surface area (Å²) in [5.41, 5.74) is 3.54. The zero-order valence-electron chi connectivity index (χ0n) is 16.5. The van der Waals surface area contributed by atoms with Crippen molar-refractivity contribution in [1.29, 1.82) is 0 Å². The first-order valence-corrected chi connectivity index (χ1v) is 10.2. The molecule has 0 aromatic heterocycles. The van der Waals surface area contributed by atoms with E-state index in [0.717, 1.165) is 28.4 Å². The molecule has 0 unspecified atom stereocenters. The molecule has 3 rings (SSSR count). The summed E-state index contributed by atoms with van der Waals surface area (Å²) in [5, 5.41) is 26.1. The lowest BCUT2D eigenvalue weighted by atomic mass is 9.96. The van der Waals surface area contributed by atoms with Crippen molar-refractivity contribution in [3.05, 3.63) is 70.8 Å². The van der Waals surface area contributed by atoms with Gasteiger partial charge in [0.25, 0.3) is 0 Å². The van der Waals surface area contributed by atoms with Gasteiger partial charge < -0.3 is 20.2 Å². The highest BCUT2D eigenvalue weighted by atomic mass is 35.5. The Bertz CT molecular complexity index is 985. The molecular formula is C22H22ClNO5S. The average molecular weight is 448 g/mol. The van der Waals surface area contributed by atoms with Crippen LogP contribution in [0.15, 0.2) is 64.4 Å². The Labute approximate surface area is 184 Å². The van der Waals surface area contributed by atoms with Crippen LogP contribution < -0.4 is 0 Å². The number of phenols is 1. The lowest BCUT2D eigenvalue weighted by molar-refractivity contribution is -0.134. The van der Waals surface area contributed by atoms with Crippen LogP contribution in [-0.2, 0) is 9.59 Å². The lowest BCUT2D eigenvalue weighted by Crippen LogP contribution is -2.12. The minimum absolute atomic E-state index is 0.302. The van der Waals surface area contributed by atoms with Gasteiger partial charge in [-0.15, -0.1) is 0 Å². The van der Waals surface area contributed by atoms with Gasteiger partial charge in [0.05, 0.1) is 0 Å². The van der Waals surface area contributed by atoms with Crippen LogP contribution in [0.1, 0.15) is 17.5 Å². The average Bonchev–Trinajstić information content (AvgIpc) is 2.66. The Hall–Kier alpha value is -2.74. The number of aromatic hydroxyl groups is 1. The highest BCUT2D eigenvalue weighted by Gasteiger charge is 2.21. The summed E-state index contributed by atoms with van der Waals surface area (Å²) in [7, 11) is 4.15. The zero-order valence-corrected chi connectivity index (χ0v) is 18.1. The van der Waals surface area contributed by atoms with Gasteiger partial charge in [0, 0.05) is 33.5 Å². The van der Waals surface area contributed by atoms with Crippen LogP contribution in [-0.4, -0.2) is 52.8 Å². The Morgan fingerprint density at radius 1 is 1.00 bits per heavy atom. The van der Waals surface area contributed by atoms with E-state index in [1.54, 1.807) is 17.8 Å². The van der Waals surface area contributed by atoms with Gasteiger partial charge in [0.15, 0.2) is 0 Å². The molecule has 30 heavy (non-hydrogen) atoms. The van der Waals surface area contributed by atoms with E-state index >= 15 is 0 Å². The van der Waals surface area contributed by atoms with Crippen LogP contribution in [0.4, 0.5) is 0 Å². The van der Waals surface area contributed by atoms with Crippen LogP contribution in [0, 0.1) is 0 Å². The summed E-state index contributed by atoms with van der Waals surface area (Å²) >= 11 is 7.87. The second-order valence-corrected chi connectivity index (χ2v) is 8.16. The summed E-state index contributed by atoms with van der Waals surface area (Å²) in [6.07, 6.45) is 4.36. The Morgan fingerprint density at radius 3 is 2.27 bits per heavy atom. The van der Waals surface area contributed by atoms with E-state index in [2.05, 4.69) is 31.1 Å². The maximum atomic E-state index is 9.75. The van der Waals surface area contributed by atoms with E-state index in [1.807, 2.05) is 24.3 Å². The molecule has 0 bridgehead atoms. The third-order valence-corrected chi connectivity index (χ3v) is 5.37.